The fourth-order valence-electron chi connectivity index (χ4n) is 2.47. The van der Waals surface area contributed by atoms with Crippen molar-refractivity contribution in [1.82, 2.24) is 10.3 Å². The maximum atomic E-state index is 12.0. The summed E-state index contributed by atoms with van der Waals surface area (Å²) < 4.78 is 5.48. The zero-order valence-electron chi connectivity index (χ0n) is 12.4. The van der Waals surface area contributed by atoms with Crippen LogP contribution >= 0.6 is 34.5 Å². The van der Waals surface area contributed by atoms with E-state index in [0.717, 1.165) is 24.5 Å². The fraction of sp³-hybridized carbons (Fsp3) is 0.375. The third-order valence-corrected chi connectivity index (χ3v) is 5.16. The summed E-state index contributed by atoms with van der Waals surface area (Å²) in [7, 11) is 0. The molecule has 1 aromatic heterocycles. The summed E-state index contributed by atoms with van der Waals surface area (Å²) in [4.78, 5) is 16.5. The van der Waals surface area contributed by atoms with Crippen molar-refractivity contribution in [3.05, 3.63) is 39.3 Å². The third-order valence-electron chi connectivity index (χ3n) is 3.62. The van der Waals surface area contributed by atoms with Crippen LogP contribution in [-0.4, -0.2) is 30.1 Å². The van der Waals surface area contributed by atoms with Crippen LogP contribution in [0.3, 0.4) is 0 Å². The Morgan fingerprint density at radius 2 is 2.17 bits per heavy atom. The first-order chi connectivity index (χ1) is 11.1. The molecule has 0 unspecified atom stereocenters. The van der Waals surface area contributed by atoms with Crippen molar-refractivity contribution in [2.24, 2.45) is 0 Å². The Morgan fingerprint density at radius 3 is 2.87 bits per heavy atom. The summed E-state index contributed by atoms with van der Waals surface area (Å²) in [5.74, 6) is -0.0531. The summed E-state index contributed by atoms with van der Waals surface area (Å²) in [6, 6.07) is 5.34. The number of thiazole rings is 1. The molecule has 1 aromatic carbocycles. The van der Waals surface area contributed by atoms with Crippen molar-refractivity contribution in [2.75, 3.05) is 13.2 Å². The van der Waals surface area contributed by atoms with Crippen LogP contribution in [0.25, 0.3) is 10.6 Å². The summed E-state index contributed by atoms with van der Waals surface area (Å²) in [6.07, 6.45) is 2.46. The van der Waals surface area contributed by atoms with Crippen molar-refractivity contribution in [2.45, 2.75) is 25.4 Å². The van der Waals surface area contributed by atoms with Crippen LogP contribution in [0, 0.1) is 0 Å². The lowest BCUT2D eigenvalue weighted by Gasteiger charge is -2.10. The molecule has 0 spiro atoms. The van der Waals surface area contributed by atoms with Gasteiger partial charge in [-0.25, -0.2) is 4.98 Å². The van der Waals surface area contributed by atoms with Crippen LogP contribution in [0.2, 0.25) is 10.0 Å². The molecule has 1 amide bonds. The fourth-order valence-corrected chi connectivity index (χ4v) is 4.05. The lowest BCUT2D eigenvalue weighted by molar-refractivity contribution is -0.121. The van der Waals surface area contributed by atoms with Gasteiger partial charge in [-0.3, -0.25) is 4.79 Å². The first kappa shape index (κ1) is 16.7. The molecular formula is C16H16Cl2N2O2S. The number of aromatic nitrogens is 1. The van der Waals surface area contributed by atoms with E-state index < -0.39 is 0 Å². The molecule has 1 fully saturated rings. The van der Waals surface area contributed by atoms with Gasteiger partial charge in [-0.05, 0) is 25.0 Å². The van der Waals surface area contributed by atoms with E-state index in [0.29, 0.717) is 27.8 Å². The van der Waals surface area contributed by atoms with Crippen molar-refractivity contribution >= 4 is 40.4 Å². The van der Waals surface area contributed by atoms with Crippen LogP contribution in [0.5, 0.6) is 0 Å². The standard InChI is InChI=1S/C16H16Cl2N2O2S/c17-12-4-1-5-13(18)15(12)16-20-10(9-23-16)7-14(21)19-8-11-3-2-6-22-11/h1,4-5,9,11H,2-3,6-8H2,(H,19,21)/t11-/m0/s1. The highest BCUT2D eigenvalue weighted by Gasteiger charge is 2.17. The summed E-state index contributed by atoms with van der Waals surface area (Å²) in [5, 5.41) is 6.59. The van der Waals surface area contributed by atoms with Crippen LogP contribution in [0.4, 0.5) is 0 Å². The Kier molecular flexibility index (Phi) is 5.54. The molecule has 2 heterocycles. The van der Waals surface area contributed by atoms with E-state index in [2.05, 4.69) is 10.3 Å². The third kappa shape index (κ3) is 4.23. The highest BCUT2D eigenvalue weighted by atomic mass is 35.5. The molecule has 4 nitrogen and oxygen atoms in total. The number of halogens is 2. The minimum atomic E-state index is -0.0531. The van der Waals surface area contributed by atoms with E-state index in [1.165, 1.54) is 11.3 Å². The van der Waals surface area contributed by atoms with Crippen LogP contribution < -0.4 is 5.32 Å². The molecule has 122 valence electrons. The van der Waals surface area contributed by atoms with E-state index in [1.807, 2.05) is 5.38 Å². The van der Waals surface area contributed by atoms with Crippen molar-refractivity contribution < 1.29 is 9.53 Å². The minimum Gasteiger partial charge on any atom is -0.376 e. The van der Waals surface area contributed by atoms with Crippen molar-refractivity contribution in [3.8, 4) is 10.6 Å². The number of carbonyl (C=O) groups excluding carboxylic acids is 1. The second kappa shape index (κ2) is 7.62. The van der Waals surface area contributed by atoms with Crippen molar-refractivity contribution in [1.29, 1.82) is 0 Å². The molecule has 1 aliphatic rings. The first-order valence-corrected chi connectivity index (χ1v) is 9.04. The molecular weight excluding hydrogens is 355 g/mol. The monoisotopic (exact) mass is 370 g/mol. The number of nitrogens with zero attached hydrogens (tertiary/aromatic N) is 1. The van der Waals surface area contributed by atoms with Gasteiger partial charge < -0.3 is 10.1 Å². The SMILES string of the molecule is O=C(Cc1csc(-c2c(Cl)cccc2Cl)n1)NC[C@@H]1CCCO1. The lowest BCUT2D eigenvalue weighted by Crippen LogP contribution is -2.32. The molecule has 1 atom stereocenters. The Bertz CT molecular complexity index is 679. The van der Waals surface area contributed by atoms with E-state index >= 15 is 0 Å². The van der Waals surface area contributed by atoms with Gasteiger partial charge in [0.2, 0.25) is 5.91 Å². The predicted molar refractivity (Wildman–Crippen MR) is 93.3 cm³/mol. The van der Waals surface area contributed by atoms with Gasteiger partial charge in [0.1, 0.15) is 5.01 Å². The van der Waals surface area contributed by atoms with Gasteiger partial charge in [-0.1, -0.05) is 29.3 Å². The molecule has 0 saturated carbocycles. The van der Waals surface area contributed by atoms with E-state index in [9.17, 15) is 4.79 Å². The van der Waals surface area contributed by atoms with Gasteiger partial charge in [-0.2, -0.15) is 0 Å². The topological polar surface area (TPSA) is 51.2 Å². The Hall–Kier alpha value is -1.14. The molecule has 0 radical (unpaired) electrons. The molecule has 1 saturated heterocycles. The number of hydrogen-bond donors (Lipinski definition) is 1. The van der Waals surface area contributed by atoms with E-state index in [1.54, 1.807) is 18.2 Å². The number of carbonyl (C=O) groups is 1. The zero-order valence-corrected chi connectivity index (χ0v) is 14.7. The van der Waals surface area contributed by atoms with Crippen molar-refractivity contribution in [3.63, 3.8) is 0 Å². The van der Waals surface area contributed by atoms with Gasteiger partial charge in [-0.15, -0.1) is 11.3 Å². The van der Waals surface area contributed by atoms with Crippen LogP contribution in [0.15, 0.2) is 23.6 Å². The molecule has 2 aromatic rings. The van der Waals surface area contributed by atoms with E-state index in [-0.39, 0.29) is 18.4 Å². The molecule has 23 heavy (non-hydrogen) atoms. The van der Waals surface area contributed by atoms with Gasteiger partial charge in [0.15, 0.2) is 0 Å². The molecule has 1 aliphatic heterocycles. The van der Waals surface area contributed by atoms with Gasteiger partial charge in [0, 0.05) is 24.1 Å². The summed E-state index contributed by atoms with van der Waals surface area (Å²) >= 11 is 13.8. The highest BCUT2D eigenvalue weighted by Crippen LogP contribution is 2.36. The second-order valence-electron chi connectivity index (χ2n) is 5.36. The Morgan fingerprint density at radius 1 is 1.39 bits per heavy atom. The molecule has 1 N–H and O–H groups in total. The predicted octanol–water partition coefficient (Wildman–Crippen LogP) is 3.95. The van der Waals surface area contributed by atoms with Gasteiger partial charge >= 0.3 is 0 Å². The Labute approximate surface area is 148 Å². The number of benzene rings is 1. The average Bonchev–Trinajstić information content (AvgIpc) is 3.17. The smallest absolute Gasteiger partial charge is 0.226 e. The number of rotatable bonds is 5. The highest BCUT2D eigenvalue weighted by molar-refractivity contribution is 7.13. The quantitative estimate of drug-likeness (QED) is 0.866. The van der Waals surface area contributed by atoms with Crippen LogP contribution in [-0.2, 0) is 16.0 Å². The van der Waals surface area contributed by atoms with E-state index in [4.69, 9.17) is 27.9 Å². The minimum absolute atomic E-state index is 0.0531. The van der Waals surface area contributed by atoms with Crippen LogP contribution in [0.1, 0.15) is 18.5 Å². The summed E-state index contributed by atoms with van der Waals surface area (Å²) in [5.41, 5.74) is 1.43. The number of ether oxygens (including phenoxy) is 1. The molecule has 3 rings (SSSR count). The van der Waals surface area contributed by atoms with Gasteiger partial charge in [0.25, 0.3) is 0 Å². The number of amides is 1. The summed E-state index contributed by atoms with van der Waals surface area (Å²) in [6.45, 7) is 1.35. The maximum absolute atomic E-state index is 12.0. The zero-order chi connectivity index (χ0) is 16.2. The lowest BCUT2D eigenvalue weighted by atomic mass is 10.2. The molecule has 7 heteroatoms. The number of hydrogen-bond acceptors (Lipinski definition) is 4. The molecule has 0 aliphatic carbocycles. The largest absolute Gasteiger partial charge is 0.376 e. The second-order valence-corrected chi connectivity index (χ2v) is 7.03. The molecule has 0 bridgehead atoms. The Balaban J connectivity index is 1.61. The number of nitrogens with one attached hydrogen (secondary N) is 1. The normalized spacial score (nSPS) is 17.4. The maximum Gasteiger partial charge on any atom is 0.226 e. The van der Waals surface area contributed by atoms with Gasteiger partial charge in [0.05, 0.1) is 28.3 Å². The average molecular weight is 371 g/mol. The first-order valence-electron chi connectivity index (χ1n) is 7.40.